The first-order valence-electron chi connectivity index (χ1n) is 6.63. The van der Waals surface area contributed by atoms with E-state index in [0.29, 0.717) is 23.7 Å². The molecule has 112 valence electrons. The van der Waals surface area contributed by atoms with Crippen LogP contribution in [0.25, 0.3) is 11.3 Å². The van der Waals surface area contributed by atoms with E-state index in [9.17, 15) is 9.90 Å². The third kappa shape index (κ3) is 4.06. The summed E-state index contributed by atoms with van der Waals surface area (Å²) in [5, 5.41) is 13.6. The molecule has 0 radical (unpaired) electrons. The molecule has 1 heterocycles. The number of aliphatic hydroxyl groups excluding tert-OH is 1. The second kappa shape index (κ2) is 6.74. The SMILES string of the molecule is CC(O)CCN(C)C(=O)c1cc(-c2cccc(Cl)c2)on1. The molecule has 1 unspecified atom stereocenters. The summed E-state index contributed by atoms with van der Waals surface area (Å²) in [5.41, 5.74) is 0.999. The highest BCUT2D eigenvalue weighted by Gasteiger charge is 2.18. The number of hydrogen-bond donors (Lipinski definition) is 1. The van der Waals surface area contributed by atoms with Gasteiger partial charge in [-0.15, -0.1) is 0 Å². The fourth-order valence-corrected chi connectivity index (χ4v) is 2.02. The Kier molecular flexibility index (Phi) is 4.98. The maximum absolute atomic E-state index is 12.2. The number of nitrogens with zero attached hydrogens (tertiary/aromatic N) is 2. The zero-order valence-corrected chi connectivity index (χ0v) is 12.7. The molecule has 0 fully saturated rings. The van der Waals surface area contributed by atoms with Crippen LogP contribution in [0.2, 0.25) is 5.02 Å². The molecule has 6 heteroatoms. The molecule has 0 saturated heterocycles. The van der Waals surface area contributed by atoms with E-state index >= 15 is 0 Å². The van der Waals surface area contributed by atoms with Gasteiger partial charge in [-0.25, -0.2) is 0 Å². The summed E-state index contributed by atoms with van der Waals surface area (Å²) in [6.07, 6.45) is 0.0703. The lowest BCUT2D eigenvalue weighted by Crippen LogP contribution is -2.29. The van der Waals surface area contributed by atoms with Gasteiger partial charge in [-0.3, -0.25) is 4.79 Å². The van der Waals surface area contributed by atoms with Crippen LogP contribution in [0.1, 0.15) is 23.8 Å². The van der Waals surface area contributed by atoms with Gasteiger partial charge in [-0.2, -0.15) is 0 Å². The molecule has 0 spiro atoms. The first-order valence-corrected chi connectivity index (χ1v) is 7.01. The van der Waals surface area contributed by atoms with Crippen LogP contribution < -0.4 is 0 Å². The topological polar surface area (TPSA) is 66.6 Å². The molecule has 21 heavy (non-hydrogen) atoms. The summed E-state index contributed by atoms with van der Waals surface area (Å²) in [6.45, 7) is 2.14. The van der Waals surface area contributed by atoms with Crippen LogP contribution in [0.15, 0.2) is 34.9 Å². The molecule has 1 aromatic carbocycles. The maximum Gasteiger partial charge on any atom is 0.275 e. The van der Waals surface area contributed by atoms with Crippen LogP contribution in [0.3, 0.4) is 0 Å². The number of carbonyl (C=O) groups is 1. The normalized spacial score (nSPS) is 12.2. The molecule has 0 saturated carbocycles. The molecule has 1 N–H and O–H groups in total. The van der Waals surface area contributed by atoms with Crippen molar-refractivity contribution in [2.75, 3.05) is 13.6 Å². The monoisotopic (exact) mass is 308 g/mol. The average molecular weight is 309 g/mol. The predicted octanol–water partition coefficient (Wildman–Crippen LogP) is 2.84. The van der Waals surface area contributed by atoms with Crippen LogP contribution in [0, 0.1) is 0 Å². The molecule has 1 atom stereocenters. The Hall–Kier alpha value is -1.85. The Labute approximate surface area is 128 Å². The largest absolute Gasteiger partial charge is 0.393 e. The lowest BCUT2D eigenvalue weighted by molar-refractivity contribution is 0.0759. The predicted molar refractivity (Wildman–Crippen MR) is 80.2 cm³/mol. The van der Waals surface area contributed by atoms with Gasteiger partial charge in [0.15, 0.2) is 11.5 Å². The second-order valence-electron chi connectivity index (χ2n) is 4.95. The number of halogens is 1. The number of benzene rings is 1. The molecular formula is C15H17ClN2O3. The van der Waals surface area contributed by atoms with Crippen LogP contribution in [0.4, 0.5) is 0 Å². The van der Waals surface area contributed by atoms with Crippen molar-refractivity contribution in [2.45, 2.75) is 19.4 Å². The van der Waals surface area contributed by atoms with E-state index in [2.05, 4.69) is 5.16 Å². The van der Waals surface area contributed by atoms with Gasteiger partial charge in [0.05, 0.1) is 6.10 Å². The van der Waals surface area contributed by atoms with Gasteiger partial charge in [-0.05, 0) is 25.5 Å². The van der Waals surface area contributed by atoms with Crippen molar-refractivity contribution in [3.63, 3.8) is 0 Å². The Balaban J connectivity index is 2.10. The molecule has 1 amide bonds. The zero-order valence-electron chi connectivity index (χ0n) is 11.9. The van der Waals surface area contributed by atoms with E-state index in [1.807, 2.05) is 6.07 Å². The van der Waals surface area contributed by atoms with E-state index in [0.717, 1.165) is 5.56 Å². The van der Waals surface area contributed by atoms with Gasteiger partial charge in [0.1, 0.15) is 0 Å². The summed E-state index contributed by atoms with van der Waals surface area (Å²) in [5.74, 6) is 0.248. The fraction of sp³-hybridized carbons (Fsp3) is 0.333. The van der Waals surface area contributed by atoms with E-state index in [4.69, 9.17) is 16.1 Å². The Morgan fingerprint density at radius 2 is 2.24 bits per heavy atom. The van der Waals surface area contributed by atoms with E-state index in [-0.39, 0.29) is 11.6 Å². The molecule has 5 nitrogen and oxygen atoms in total. The van der Waals surface area contributed by atoms with E-state index in [1.54, 1.807) is 38.2 Å². The molecule has 0 aliphatic carbocycles. The number of aliphatic hydroxyl groups is 1. The van der Waals surface area contributed by atoms with Crippen molar-refractivity contribution in [3.05, 3.63) is 41.0 Å². The van der Waals surface area contributed by atoms with Gasteiger partial charge in [0.2, 0.25) is 0 Å². The highest BCUT2D eigenvalue weighted by molar-refractivity contribution is 6.30. The zero-order chi connectivity index (χ0) is 15.4. The number of carbonyl (C=O) groups excluding carboxylic acids is 1. The molecule has 0 bridgehead atoms. The quantitative estimate of drug-likeness (QED) is 0.922. The number of rotatable bonds is 5. The molecule has 2 rings (SSSR count). The van der Waals surface area contributed by atoms with Gasteiger partial charge in [-0.1, -0.05) is 28.9 Å². The van der Waals surface area contributed by atoms with Crippen molar-refractivity contribution in [1.29, 1.82) is 0 Å². The van der Waals surface area contributed by atoms with Crippen LogP contribution in [0.5, 0.6) is 0 Å². The first-order chi connectivity index (χ1) is 9.97. The van der Waals surface area contributed by atoms with Gasteiger partial charge in [0, 0.05) is 30.2 Å². The first kappa shape index (κ1) is 15.5. The summed E-state index contributed by atoms with van der Waals surface area (Å²) < 4.78 is 5.20. The third-order valence-corrected chi connectivity index (χ3v) is 3.30. The van der Waals surface area contributed by atoms with Crippen molar-refractivity contribution < 1.29 is 14.4 Å². The molecular weight excluding hydrogens is 292 g/mol. The Bertz CT molecular complexity index is 625. The summed E-state index contributed by atoms with van der Waals surface area (Å²) in [7, 11) is 1.67. The van der Waals surface area contributed by atoms with Gasteiger partial charge < -0.3 is 14.5 Å². The van der Waals surface area contributed by atoms with E-state index < -0.39 is 6.10 Å². The average Bonchev–Trinajstić information content (AvgIpc) is 2.93. The second-order valence-corrected chi connectivity index (χ2v) is 5.39. The summed E-state index contributed by atoms with van der Waals surface area (Å²) in [6, 6.07) is 8.73. The lowest BCUT2D eigenvalue weighted by Gasteiger charge is -2.16. The third-order valence-electron chi connectivity index (χ3n) is 3.07. The van der Waals surface area contributed by atoms with E-state index in [1.165, 1.54) is 4.90 Å². The van der Waals surface area contributed by atoms with Crippen LogP contribution in [-0.2, 0) is 0 Å². The van der Waals surface area contributed by atoms with Crippen molar-refractivity contribution in [1.82, 2.24) is 10.1 Å². The molecule has 0 aliphatic rings. The number of amides is 1. The lowest BCUT2D eigenvalue weighted by atomic mass is 10.1. The molecule has 2 aromatic rings. The maximum atomic E-state index is 12.2. The van der Waals surface area contributed by atoms with Gasteiger partial charge >= 0.3 is 0 Å². The minimum Gasteiger partial charge on any atom is -0.393 e. The summed E-state index contributed by atoms with van der Waals surface area (Å²) >= 11 is 5.92. The smallest absolute Gasteiger partial charge is 0.275 e. The summed E-state index contributed by atoms with van der Waals surface area (Å²) in [4.78, 5) is 13.7. The Morgan fingerprint density at radius 3 is 2.90 bits per heavy atom. The van der Waals surface area contributed by atoms with Crippen LogP contribution >= 0.6 is 11.6 Å². The van der Waals surface area contributed by atoms with Crippen molar-refractivity contribution >= 4 is 17.5 Å². The standard InChI is InChI=1S/C15H17ClN2O3/c1-10(19)6-7-18(2)15(20)13-9-14(21-17-13)11-4-3-5-12(16)8-11/h3-5,8-10,19H,6-7H2,1-2H3. The van der Waals surface area contributed by atoms with Crippen LogP contribution in [-0.4, -0.2) is 40.8 Å². The molecule has 0 aliphatic heterocycles. The van der Waals surface area contributed by atoms with Crippen molar-refractivity contribution in [2.24, 2.45) is 0 Å². The highest BCUT2D eigenvalue weighted by atomic mass is 35.5. The van der Waals surface area contributed by atoms with Crippen molar-refractivity contribution in [3.8, 4) is 11.3 Å². The minimum atomic E-state index is -0.445. The van der Waals surface area contributed by atoms with Gasteiger partial charge in [0.25, 0.3) is 5.91 Å². The number of hydrogen-bond acceptors (Lipinski definition) is 4. The molecule has 1 aromatic heterocycles. The highest BCUT2D eigenvalue weighted by Crippen LogP contribution is 2.23. The minimum absolute atomic E-state index is 0.234. The fourth-order valence-electron chi connectivity index (χ4n) is 1.83. The number of aromatic nitrogens is 1. The Morgan fingerprint density at radius 1 is 1.48 bits per heavy atom.